The summed E-state index contributed by atoms with van der Waals surface area (Å²) in [6.07, 6.45) is 2.14. The lowest BCUT2D eigenvalue weighted by molar-refractivity contribution is 0.0505. The maximum atomic E-state index is 11.8. The van der Waals surface area contributed by atoms with Gasteiger partial charge in [0.1, 0.15) is 5.60 Å². The van der Waals surface area contributed by atoms with Gasteiger partial charge >= 0.3 is 6.09 Å². The number of alkyl carbamates (subject to hydrolysis) is 1. The van der Waals surface area contributed by atoms with E-state index in [1.807, 2.05) is 32.9 Å². The van der Waals surface area contributed by atoms with Gasteiger partial charge in [0.25, 0.3) is 0 Å². The number of nitrogens with one attached hydrogen (secondary N) is 1. The smallest absolute Gasteiger partial charge is 0.408 e. The number of nitrogens with two attached hydrogens (primary N) is 1. The van der Waals surface area contributed by atoms with Crippen molar-refractivity contribution in [3.05, 3.63) is 35.4 Å². The molecule has 0 spiro atoms. The third kappa shape index (κ3) is 4.23. The molecule has 4 heteroatoms. The lowest BCUT2D eigenvalue weighted by Crippen LogP contribution is -2.37. The van der Waals surface area contributed by atoms with Crippen molar-refractivity contribution < 1.29 is 9.53 Å². The molecule has 1 aliphatic carbocycles. The second kappa shape index (κ2) is 5.83. The highest BCUT2D eigenvalue weighted by Gasteiger charge is 2.24. The monoisotopic (exact) mass is 276 g/mol. The van der Waals surface area contributed by atoms with Crippen molar-refractivity contribution in [2.24, 2.45) is 5.73 Å². The third-order valence-corrected chi connectivity index (χ3v) is 3.31. The van der Waals surface area contributed by atoms with Crippen molar-refractivity contribution in [3.8, 4) is 0 Å². The summed E-state index contributed by atoms with van der Waals surface area (Å²) in [5.41, 5.74) is 7.65. The molecule has 0 aromatic heterocycles. The van der Waals surface area contributed by atoms with Crippen LogP contribution in [0.1, 0.15) is 56.7 Å². The summed E-state index contributed by atoms with van der Waals surface area (Å²) < 4.78 is 5.26. The van der Waals surface area contributed by atoms with Crippen LogP contribution in [-0.4, -0.2) is 18.2 Å². The van der Waals surface area contributed by atoms with Crippen LogP contribution in [0.2, 0.25) is 0 Å². The largest absolute Gasteiger partial charge is 0.444 e. The highest BCUT2D eigenvalue weighted by Crippen LogP contribution is 2.40. The van der Waals surface area contributed by atoms with Crippen LogP contribution >= 0.6 is 0 Å². The Kier molecular flexibility index (Phi) is 4.33. The normalized spacial score (nSPS) is 16.6. The Morgan fingerprint density at radius 1 is 1.35 bits per heavy atom. The molecule has 1 aromatic rings. The summed E-state index contributed by atoms with van der Waals surface area (Å²) in [6.45, 7) is 5.87. The topological polar surface area (TPSA) is 64.3 Å². The van der Waals surface area contributed by atoms with Gasteiger partial charge < -0.3 is 15.8 Å². The van der Waals surface area contributed by atoms with E-state index in [9.17, 15) is 4.79 Å². The molecule has 1 fully saturated rings. The van der Waals surface area contributed by atoms with Crippen LogP contribution in [-0.2, 0) is 4.74 Å². The highest BCUT2D eigenvalue weighted by molar-refractivity contribution is 5.68. The van der Waals surface area contributed by atoms with Crippen LogP contribution in [0, 0.1) is 0 Å². The van der Waals surface area contributed by atoms with Gasteiger partial charge in [-0.1, -0.05) is 24.3 Å². The van der Waals surface area contributed by atoms with Crippen molar-refractivity contribution in [2.45, 2.75) is 51.2 Å². The van der Waals surface area contributed by atoms with Crippen molar-refractivity contribution in [1.82, 2.24) is 5.32 Å². The molecule has 1 aromatic carbocycles. The Labute approximate surface area is 120 Å². The molecule has 1 unspecified atom stereocenters. The molecule has 2 rings (SSSR count). The fourth-order valence-corrected chi connectivity index (χ4v) is 2.15. The molecule has 20 heavy (non-hydrogen) atoms. The molecule has 0 bridgehead atoms. The van der Waals surface area contributed by atoms with E-state index in [1.54, 1.807) is 0 Å². The average molecular weight is 276 g/mol. The van der Waals surface area contributed by atoms with Gasteiger partial charge in [-0.05, 0) is 50.7 Å². The van der Waals surface area contributed by atoms with Crippen LogP contribution in [0.4, 0.5) is 4.79 Å². The Morgan fingerprint density at radius 2 is 1.95 bits per heavy atom. The highest BCUT2D eigenvalue weighted by atomic mass is 16.6. The summed E-state index contributed by atoms with van der Waals surface area (Å²) in [4.78, 5) is 11.8. The fourth-order valence-electron chi connectivity index (χ4n) is 2.15. The number of ether oxygens (including phenoxy) is 1. The summed E-state index contributed by atoms with van der Waals surface area (Å²) in [6, 6.07) is 8.14. The zero-order valence-electron chi connectivity index (χ0n) is 12.5. The Balaban J connectivity index is 1.98. The predicted octanol–water partition coefficient (Wildman–Crippen LogP) is 3.09. The standard InChI is InChI=1S/C16H24N2O2/c1-16(2,3)20-15(19)18-14(10-17)13-8-6-12(7-9-13)11-4-5-11/h6-9,11,14H,4-5,10,17H2,1-3H3,(H,18,19). The molecule has 1 saturated carbocycles. The van der Waals surface area contributed by atoms with Gasteiger partial charge in [0.05, 0.1) is 6.04 Å². The number of hydrogen-bond acceptors (Lipinski definition) is 3. The van der Waals surface area contributed by atoms with E-state index in [0.717, 1.165) is 11.5 Å². The molecule has 0 heterocycles. The SMILES string of the molecule is CC(C)(C)OC(=O)NC(CN)c1ccc(C2CC2)cc1. The van der Waals surface area contributed by atoms with E-state index >= 15 is 0 Å². The van der Waals surface area contributed by atoms with Crippen molar-refractivity contribution >= 4 is 6.09 Å². The van der Waals surface area contributed by atoms with Crippen LogP contribution in [0.25, 0.3) is 0 Å². The third-order valence-electron chi connectivity index (χ3n) is 3.31. The van der Waals surface area contributed by atoms with Gasteiger partial charge in [-0.2, -0.15) is 0 Å². The lowest BCUT2D eigenvalue weighted by atomic mass is 10.0. The second-order valence-corrected chi connectivity index (χ2v) is 6.38. The zero-order valence-corrected chi connectivity index (χ0v) is 12.5. The molecule has 1 atom stereocenters. The van der Waals surface area contributed by atoms with E-state index in [0.29, 0.717) is 6.54 Å². The first kappa shape index (κ1) is 14.9. The summed E-state index contributed by atoms with van der Waals surface area (Å²) in [7, 11) is 0. The lowest BCUT2D eigenvalue weighted by Gasteiger charge is -2.23. The molecule has 0 saturated heterocycles. The van der Waals surface area contributed by atoms with E-state index < -0.39 is 11.7 Å². The van der Waals surface area contributed by atoms with E-state index in [2.05, 4.69) is 17.4 Å². The van der Waals surface area contributed by atoms with Gasteiger partial charge in [0, 0.05) is 6.54 Å². The Hall–Kier alpha value is -1.55. The molecule has 1 amide bonds. The molecule has 3 N–H and O–H groups in total. The first-order valence-electron chi connectivity index (χ1n) is 7.18. The summed E-state index contributed by atoms with van der Waals surface area (Å²) >= 11 is 0. The Morgan fingerprint density at radius 3 is 2.40 bits per heavy atom. The van der Waals surface area contributed by atoms with Crippen LogP contribution in [0.5, 0.6) is 0 Å². The maximum Gasteiger partial charge on any atom is 0.408 e. The number of carbonyl (C=O) groups excluding carboxylic acids is 1. The molecule has 0 radical (unpaired) electrons. The average Bonchev–Trinajstić information content (AvgIpc) is 3.18. The van der Waals surface area contributed by atoms with Gasteiger partial charge in [-0.3, -0.25) is 0 Å². The van der Waals surface area contributed by atoms with Gasteiger partial charge in [0.2, 0.25) is 0 Å². The van der Waals surface area contributed by atoms with E-state index in [4.69, 9.17) is 10.5 Å². The molecular weight excluding hydrogens is 252 g/mol. The van der Waals surface area contributed by atoms with Gasteiger partial charge in [0.15, 0.2) is 0 Å². The second-order valence-electron chi connectivity index (χ2n) is 6.38. The van der Waals surface area contributed by atoms with E-state index in [-0.39, 0.29) is 6.04 Å². The quantitative estimate of drug-likeness (QED) is 0.888. The van der Waals surface area contributed by atoms with Crippen LogP contribution in [0.3, 0.4) is 0 Å². The van der Waals surface area contributed by atoms with Crippen LogP contribution < -0.4 is 11.1 Å². The molecular formula is C16H24N2O2. The van der Waals surface area contributed by atoms with Crippen molar-refractivity contribution in [1.29, 1.82) is 0 Å². The summed E-state index contributed by atoms with van der Waals surface area (Å²) in [5.74, 6) is 0.735. The van der Waals surface area contributed by atoms with Gasteiger partial charge in [-0.15, -0.1) is 0 Å². The first-order chi connectivity index (χ1) is 9.39. The molecule has 0 aliphatic heterocycles. The minimum atomic E-state index is -0.501. The van der Waals surface area contributed by atoms with Gasteiger partial charge in [-0.25, -0.2) is 4.79 Å². The number of benzene rings is 1. The Bertz CT molecular complexity index is 458. The minimum Gasteiger partial charge on any atom is -0.444 e. The van der Waals surface area contributed by atoms with Crippen molar-refractivity contribution in [2.75, 3.05) is 6.54 Å². The maximum absolute atomic E-state index is 11.8. The van der Waals surface area contributed by atoms with E-state index in [1.165, 1.54) is 18.4 Å². The number of rotatable bonds is 4. The molecule has 4 nitrogen and oxygen atoms in total. The molecule has 1 aliphatic rings. The zero-order chi connectivity index (χ0) is 14.8. The van der Waals surface area contributed by atoms with Crippen molar-refractivity contribution in [3.63, 3.8) is 0 Å². The predicted molar refractivity (Wildman–Crippen MR) is 79.6 cm³/mol. The number of amides is 1. The number of carbonyl (C=O) groups is 1. The van der Waals surface area contributed by atoms with Crippen LogP contribution in [0.15, 0.2) is 24.3 Å². The first-order valence-corrected chi connectivity index (χ1v) is 7.18. The molecule has 110 valence electrons. The summed E-state index contributed by atoms with van der Waals surface area (Å²) in [5, 5.41) is 2.82. The number of hydrogen-bond donors (Lipinski definition) is 2. The minimum absolute atomic E-state index is 0.210. The fraction of sp³-hybridized carbons (Fsp3) is 0.562.